The molecule has 0 aliphatic heterocycles. The molecule has 0 fully saturated rings. The summed E-state index contributed by atoms with van der Waals surface area (Å²) < 4.78 is 0. The molecule has 0 atom stereocenters. The van der Waals surface area contributed by atoms with Gasteiger partial charge < -0.3 is 20.4 Å². The molecule has 2 aromatic rings. The minimum Gasteiger partial charge on any atom is -0.508 e. The van der Waals surface area contributed by atoms with Crippen LogP contribution in [0.3, 0.4) is 0 Å². The Morgan fingerprint density at radius 1 is 0.700 bits per heavy atom. The second-order valence-electron chi connectivity index (χ2n) is 5.09. The molecule has 0 saturated carbocycles. The van der Waals surface area contributed by atoms with E-state index in [9.17, 15) is 20.4 Å². The van der Waals surface area contributed by atoms with Crippen LogP contribution in [0.5, 0.6) is 23.0 Å². The van der Waals surface area contributed by atoms with Crippen LogP contribution in [0.2, 0.25) is 0 Å². The topological polar surface area (TPSA) is 80.9 Å². The second-order valence-corrected chi connectivity index (χ2v) is 5.09. The Labute approximate surface area is 117 Å². The molecule has 0 aliphatic carbocycles. The predicted octanol–water partition coefficient (Wildman–Crippen LogP) is 3.03. The van der Waals surface area contributed by atoms with Crippen LogP contribution in [0, 0.1) is 20.8 Å². The fourth-order valence-corrected chi connectivity index (χ4v) is 2.36. The molecule has 106 valence electrons. The van der Waals surface area contributed by atoms with Gasteiger partial charge >= 0.3 is 0 Å². The summed E-state index contributed by atoms with van der Waals surface area (Å²) in [5.74, 6) is 0.232. The summed E-state index contributed by atoms with van der Waals surface area (Å²) >= 11 is 0. The minimum atomic E-state index is -0.0369. The monoisotopic (exact) mass is 274 g/mol. The van der Waals surface area contributed by atoms with Crippen molar-refractivity contribution in [3.8, 4) is 23.0 Å². The normalized spacial score (nSPS) is 10.8. The van der Waals surface area contributed by atoms with E-state index in [1.165, 1.54) is 18.2 Å². The molecule has 0 aliphatic rings. The summed E-state index contributed by atoms with van der Waals surface area (Å²) in [4.78, 5) is 0. The molecule has 0 saturated heterocycles. The maximum atomic E-state index is 10.2. The summed E-state index contributed by atoms with van der Waals surface area (Å²) in [6, 6.07) is 4.28. The van der Waals surface area contributed by atoms with E-state index in [4.69, 9.17) is 0 Å². The van der Waals surface area contributed by atoms with Crippen LogP contribution >= 0.6 is 0 Å². The van der Waals surface area contributed by atoms with Crippen LogP contribution in [-0.2, 0) is 6.42 Å². The average Bonchev–Trinajstić information content (AvgIpc) is 2.38. The van der Waals surface area contributed by atoms with E-state index < -0.39 is 0 Å². The molecule has 0 spiro atoms. The fourth-order valence-electron chi connectivity index (χ4n) is 2.36. The molecule has 0 amide bonds. The lowest BCUT2D eigenvalue weighted by molar-refractivity contribution is 0.443. The molecule has 4 heteroatoms. The molecule has 4 nitrogen and oxygen atoms in total. The first-order chi connectivity index (χ1) is 9.31. The first kappa shape index (κ1) is 14.1. The molecule has 0 aromatic heterocycles. The SMILES string of the molecule is Cc1c(C)c(O)c(Cc2cc(O)cc(O)c2)c(C)c1O. The third kappa shape index (κ3) is 2.37. The zero-order valence-electron chi connectivity index (χ0n) is 11.7. The Balaban J connectivity index is 2.54. The zero-order chi connectivity index (χ0) is 15.0. The van der Waals surface area contributed by atoms with Gasteiger partial charge in [-0.2, -0.15) is 0 Å². The number of benzene rings is 2. The zero-order valence-corrected chi connectivity index (χ0v) is 11.7. The van der Waals surface area contributed by atoms with Crippen LogP contribution in [0.25, 0.3) is 0 Å². The molecule has 0 unspecified atom stereocenters. The van der Waals surface area contributed by atoms with Crippen molar-refractivity contribution in [3.63, 3.8) is 0 Å². The lowest BCUT2D eigenvalue weighted by Gasteiger charge is -2.16. The van der Waals surface area contributed by atoms with Crippen molar-refractivity contribution < 1.29 is 20.4 Å². The second kappa shape index (κ2) is 4.96. The summed E-state index contributed by atoms with van der Waals surface area (Å²) in [5, 5.41) is 39.3. The molecule has 0 bridgehead atoms. The fraction of sp³-hybridized carbons (Fsp3) is 0.250. The van der Waals surface area contributed by atoms with Gasteiger partial charge in [-0.05, 0) is 55.2 Å². The Morgan fingerprint density at radius 3 is 1.75 bits per heavy atom. The van der Waals surface area contributed by atoms with Gasteiger partial charge in [0, 0.05) is 18.1 Å². The van der Waals surface area contributed by atoms with E-state index in [1.54, 1.807) is 20.8 Å². The van der Waals surface area contributed by atoms with Gasteiger partial charge in [-0.3, -0.25) is 0 Å². The molecule has 0 heterocycles. The van der Waals surface area contributed by atoms with Crippen LogP contribution in [-0.4, -0.2) is 20.4 Å². The largest absolute Gasteiger partial charge is 0.508 e. The van der Waals surface area contributed by atoms with Crippen molar-refractivity contribution in [1.29, 1.82) is 0 Å². The van der Waals surface area contributed by atoms with E-state index in [1.807, 2.05) is 0 Å². The van der Waals surface area contributed by atoms with Gasteiger partial charge in [0.05, 0.1) is 0 Å². The lowest BCUT2D eigenvalue weighted by Crippen LogP contribution is -1.98. The molecular weight excluding hydrogens is 256 g/mol. The standard InChI is InChI=1S/C16H18O4/c1-8-9(2)16(20)14(10(3)15(8)19)6-11-4-12(17)7-13(18)5-11/h4-5,7,17-20H,6H2,1-3H3. The predicted molar refractivity (Wildman–Crippen MR) is 76.6 cm³/mol. The number of hydrogen-bond donors (Lipinski definition) is 4. The van der Waals surface area contributed by atoms with E-state index in [-0.39, 0.29) is 23.0 Å². The van der Waals surface area contributed by atoms with E-state index in [0.717, 1.165) is 0 Å². The Kier molecular flexibility index (Phi) is 3.49. The number of phenolic OH excluding ortho intramolecular Hbond substituents is 4. The third-order valence-electron chi connectivity index (χ3n) is 3.71. The van der Waals surface area contributed by atoms with Crippen LogP contribution in [0.15, 0.2) is 18.2 Å². The van der Waals surface area contributed by atoms with E-state index in [0.29, 0.717) is 34.2 Å². The number of rotatable bonds is 2. The minimum absolute atomic E-state index is 0.0369. The van der Waals surface area contributed by atoms with Gasteiger partial charge in [0.2, 0.25) is 0 Å². The first-order valence-electron chi connectivity index (χ1n) is 6.33. The maximum absolute atomic E-state index is 10.2. The van der Waals surface area contributed by atoms with E-state index in [2.05, 4.69) is 0 Å². The summed E-state index contributed by atoms with van der Waals surface area (Å²) in [6.07, 6.45) is 0.314. The van der Waals surface area contributed by atoms with Crippen molar-refractivity contribution in [2.45, 2.75) is 27.2 Å². The molecule has 0 radical (unpaired) electrons. The maximum Gasteiger partial charge on any atom is 0.122 e. The smallest absolute Gasteiger partial charge is 0.122 e. The van der Waals surface area contributed by atoms with Crippen LogP contribution < -0.4 is 0 Å². The first-order valence-corrected chi connectivity index (χ1v) is 6.33. The quantitative estimate of drug-likeness (QED) is 0.634. The highest BCUT2D eigenvalue weighted by Crippen LogP contribution is 2.37. The summed E-state index contributed by atoms with van der Waals surface area (Å²) in [7, 11) is 0. The summed E-state index contributed by atoms with van der Waals surface area (Å²) in [5.41, 5.74) is 3.14. The van der Waals surface area contributed by atoms with Crippen LogP contribution in [0.4, 0.5) is 0 Å². The molecular formula is C16H18O4. The van der Waals surface area contributed by atoms with Crippen molar-refractivity contribution >= 4 is 0 Å². The highest BCUT2D eigenvalue weighted by atomic mass is 16.3. The Morgan fingerprint density at radius 2 is 1.20 bits per heavy atom. The Hall–Kier alpha value is -2.36. The van der Waals surface area contributed by atoms with Gasteiger partial charge in [0.25, 0.3) is 0 Å². The third-order valence-corrected chi connectivity index (χ3v) is 3.71. The van der Waals surface area contributed by atoms with E-state index >= 15 is 0 Å². The van der Waals surface area contributed by atoms with Crippen LogP contribution in [0.1, 0.15) is 27.8 Å². The van der Waals surface area contributed by atoms with Gasteiger partial charge in [0.15, 0.2) is 0 Å². The van der Waals surface area contributed by atoms with Crippen molar-refractivity contribution in [2.24, 2.45) is 0 Å². The average molecular weight is 274 g/mol. The van der Waals surface area contributed by atoms with Gasteiger partial charge in [-0.15, -0.1) is 0 Å². The molecule has 20 heavy (non-hydrogen) atoms. The van der Waals surface area contributed by atoms with Gasteiger partial charge in [0.1, 0.15) is 23.0 Å². The Bertz CT molecular complexity index is 625. The van der Waals surface area contributed by atoms with Crippen molar-refractivity contribution in [1.82, 2.24) is 0 Å². The highest BCUT2D eigenvalue weighted by molar-refractivity contribution is 5.58. The lowest BCUT2D eigenvalue weighted by atomic mass is 9.93. The van der Waals surface area contributed by atoms with Crippen molar-refractivity contribution in [3.05, 3.63) is 46.0 Å². The summed E-state index contributed by atoms with van der Waals surface area (Å²) in [6.45, 7) is 5.23. The molecule has 2 aromatic carbocycles. The van der Waals surface area contributed by atoms with Gasteiger partial charge in [-0.25, -0.2) is 0 Å². The number of hydrogen-bond acceptors (Lipinski definition) is 4. The number of aromatic hydroxyl groups is 4. The van der Waals surface area contributed by atoms with Crippen molar-refractivity contribution in [2.75, 3.05) is 0 Å². The van der Waals surface area contributed by atoms with Gasteiger partial charge in [-0.1, -0.05) is 0 Å². The molecule has 2 rings (SSSR count). The number of phenols is 4. The molecule has 4 N–H and O–H groups in total. The highest BCUT2D eigenvalue weighted by Gasteiger charge is 2.17.